The van der Waals surface area contributed by atoms with Gasteiger partial charge in [-0.05, 0) is 68.0 Å². The summed E-state index contributed by atoms with van der Waals surface area (Å²) in [4.78, 5) is 38.8. The normalized spacial score (nSPS) is 17.5. The zero-order chi connectivity index (χ0) is 27.8. The fraction of sp³-hybridized carbons (Fsp3) is 0.276. The van der Waals surface area contributed by atoms with Crippen LogP contribution in [0.15, 0.2) is 71.9 Å². The van der Waals surface area contributed by atoms with Gasteiger partial charge in [0.1, 0.15) is 5.69 Å². The van der Waals surface area contributed by atoms with E-state index in [0.717, 1.165) is 41.3 Å². The third-order valence-corrected chi connectivity index (χ3v) is 7.71. The summed E-state index contributed by atoms with van der Waals surface area (Å²) in [5.74, 6) is -0.384. The molecule has 0 unspecified atom stereocenters. The number of carbonyl (C=O) groups is 1. The first-order chi connectivity index (χ1) is 19.4. The molecule has 1 aliphatic rings. The molecule has 0 bridgehead atoms. The van der Waals surface area contributed by atoms with Crippen molar-refractivity contribution in [3.63, 3.8) is 0 Å². The number of benzene rings is 2. The maximum atomic E-state index is 13.7. The van der Waals surface area contributed by atoms with Gasteiger partial charge in [-0.15, -0.1) is 0 Å². The first kappa shape index (κ1) is 26.1. The van der Waals surface area contributed by atoms with Gasteiger partial charge in [-0.1, -0.05) is 23.7 Å². The predicted molar refractivity (Wildman–Crippen MR) is 148 cm³/mol. The Morgan fingerprint density at radius 3 is 2.45 bits per heavy atom. The number of nitrogens with zero attached hydrogens (tertiary/aromatic N) is 5. The van der Waals surface area contributed by atoms with E-state index in [1.54, 1.807) is 17.0 Å². The molecule has 3 heterocycles. The van der Waals surface area contributed by atoms with E-state index >= 15 is 0 Å². The van der Waals surface area contributed by atoms with Crippen molar-refractivity contribution in [3.05, 3.63) is 93.9 Å². The van der Waals surface area contributed by atoms with Gasteiger partial charge >= 0.3 is 5.69 Å². The van der Waals surface area contributed by atoms with E-state index in [-0.39, 0.29) is 28.2 Å². The summed E-state index contributed by atoms with van der Waals surface area (Å²) in [7, 11) is 0. The molecule has 204 valence electrons. The number of fused-ring (bicyclic) bond motifs is 2. The summed E-state index contributed by atoms with van der Waals surface area (Å²) in [6, 6.07) is 14.4. The largest absolute Gasteiger partial charge is 0.349 e. The van der Waals surface area contributed by atoms with Gasteiger partial charge in [0.15, 0.2) is 0 Å². The number of nitrogens with one attached hydrogen (secondary N) is 1. The number of hydrogen-bond acceptors (Lipinski definition) is 5. The van der Waals surface area contributed by atoms with Crippen LogP contribution in [-0.4, -0.2) is 36.0 Å². The molecule has 5 aromatic rings. The van der Waals surface area contributed by atoms with E-state index in [0.29, 0.717) is 24.9 Å². The number of hydrogen-bond donors (Lipinski definition) is 1. The second-order valence-electron chi connectivity index (χ2n) is 10.0. The van der Waals surface area contributed by atoms with Gasteiger partial charge < -0.3 is 5.32 Å². The third-order valence-electron chi connectivity index (χ3n) is 7.51. The Balaban J connectivity index is 1.19. The molecule has 1 amide bonds. The molecule has 0 saturated heterocycles. The summed E-state index contributed by atoms with van der Waals surface area (Å²) < 4.78 is 30.2. The van der Waals surface area contributed by atoms with Crippen molar-refractivity contribution in [2.45, 2.75) is 44.7 Å². The number of alkyl halides is 2. The first-order valence-electron chi connectivity index (χ1n) is 13.0. The number of carbonyl (C=O) groups excluding carboxylic acids is 1. The summed E-state index contributed by atoms with van der Waals surface area (Å²) in [5, 5.41) is 2.99. The molecular weight excluding hydrogens is 538 g/mol. The minimum absolute atomic E-state index is 0.125. The molecule has 0 radical (unpaired) electrons. The molecule has 0 spiro atoms. The second kappa shape index (κ2) is 10.8. The van der Waals surface area contributed by atoms with Crippen LogP contribution in [0.3, 0.4) is 0 Å². The third kappa shape index (κ3) is 4.95. The molecular formula is C29H25ClF2N6O2. The number of rotatable bonds is 6. The van der Waals surface area contributed by atoms with Crippen LogP contribution < -0.4 is 11.0 Å². The molecule has 1 aliphatic carbocycles. The van der Waals surface area contributed by atoms with Gasteiger partial charge in [0, 0.05) is 31.2 Å². The van der Waals surface area contributed by atoms with Crippen molar-refractivity contribution < 1.29 is 13.6 Å². The fourth-order valence-corrected chi connectivity index (χ4v) is 5.70. The van der Waals surface area contributed by atoms with E-state index < -0.39 is 18.0 Å². The smallest absolute Gasteiger partial charge is 0.333 e. The Morgan fingerprint density at radius 2 is 1.70 bits per heavy atom. The Bertz CT molecular complexity index is 1780. The molecule has 3 aromatic heterocycles. The molecule has 6 rings (SSSR count). The average molecular weight is 563 g/mol. The van der Waals surface area contributed by atoms with Crippen LogP contribution in [-0.2, 0) is 6.54 Å². The van der Waals surface area contributed by atoms with E-state index in [9.17, 15) is 18.4 Å². The minimum atomic E-state index is -2.88. The Morgan fingerprint density at radius 1 is 0.975 bits per heavy atom. The number of para-hydroxylation sites is 2. The van der Waals surface area contributed by atoms with Gasteiger partial charge in [-0.2, -0.15) is 0 Å². The maximum absolute atomic E-state index is 13.7. The molecule has 0 atom stereocenters. The number of pyridine rings is 1. The lowest BCUT2D eigenvalue weighted by molar-refractivity contribution is 0.0904. The Labute approximate surface area is 232 Å². The van der Waals surface area contributed by atoms with Crippen LogP contribution in [0.1, 0.15) is 48.2 Å². The predicted octanol–water partition coefficient (Wildman–Crippen LogP) is 5.71. The number of amides is 1. The van der Waals surface area contributed by atoms with Crippen LogP contribution in [0, 0.1) is 5.92 Å². The zero-order valence-electron chi connectivity index (χ0n) is 21.3. The second-order valence-corrected chi connectivity index (χ2v) is 10.5. The highest BCUT2D eigenvalue weighted by Gasteiger charge is 2.27. The van der Waals surface area contributed by atoms with Crippen molar-refractivity contribution in [1.29, 1.82) is 0 Å². The van der Waals surface area contributed by atoms with Crippen molar-refractivity contribution >= 4 is 39.6 Å². The summed E-state index contributed by atoms with van der Waals surface area (Å²) in [5.41, 5.74) is 2.92. The average Bonchev–Trinajstić information content (AvgIpc) is 3.24. The lowest BCUT2D eigenvalue weighted by Gasteiger charge is -2.29. The van der Waals surface area contributed by atoms with Crippen molar-refractivity contribution in [3.8, 4) is 5.69 Å². The molecule has 11 heteroatoms. The molecule has 0 aliphatic heterocycles. The van der Waals surface area contributed by atoms with Gasteiger partial charge in [0.2, 0.25) is 0 Å². The van der Waals surface area contributed by atoms with Crippen LogP contribution in [0.4, 0.5) is 8.78 Å². The standard InChI is InChI=1S/C29H25ClF2N6O2/c30-18-13-21(26(27(31)32)35-15-18)28(39)36-19-7-5-17(6-8-19)16-37-24-3-1-2-4-25(24)38(29(37)40)20-9-10-22-23(14-20)34-12-11-33-22/h1-4,9-15,17,19,27H,5-8,16H2,(H,36,39)/t17-,19-. The SMILES string of the molecule is O=C(N[C@H]1CC[C@H](Cn2c(=O)n(-c3ccc4nccnc4c3)c3ccccc32)CC1)c1cc(Cl)cnc1C(F)F. The zero-order valence-corrected chi connectivity index (χ0v) is 22.1. The van der Waals surface area contributed by atoms with E-state index in [1.165, 1.54) is 6.07 Å². The lowest BCUT2D eigenvalue weighted by atomic mass is 9.85. The number of aromatic nitrogens is 5. The summed E-state index contributed by atoms with van der Waals surface area (Å²) in [6.45, 7) is 0.536. The van der Waals surface area contributed by atoms with Crippen molar-refractivity contribution in [2.75, 3.05) is 0 Å². The van der Waals surface area contributed by atoms with Gasteiger partial charge in [0.05, 0.1) is 38.3 Å². The quantitative estimate of drug-likeness (QED) is 0.286. The van der Waals surface area contributed by atoms with Crippen LogP contribution in [0.25, 0.3) is 27.8 Å². The van der Waals surface area contributed by atoms with Gasteiger partial charge in [-0.25, -0.2) is 13.6 Å². The highest BCUT2D eigenvalue weighted by atomic mass is 35.5. The van der Waals surface area contributed by atoms with Gasteiger partial charge in [-0.3, -0.25) is 28.9 Å². The van der Waals surface area contributed by atoms with Gasteiger partial charge in [0.25, 0.3) is 12.3 Å². The molecule has 8 nitrogen and oxygen atoms in total. The number of imidazole rings is 1. The van der Waals surface area contributed by atoms with Crippen LogP contribution in [0.5, 0.6) is 0 Å². The highest BCUT2D eigenvalue weighted by molar-refractivity contribution is 6.30. The van der Waals surface area contributed by atoms with Crippen LogP contribution >= 0.6 is 11.6 Å². The molecule has 1 fully saturated rings. The molecule has 1 N–H and O–H groups in total. The number of halogens is 3. The summed E-state index contributed by atoms with van der Waals surface area (Å²) in [6.07, 6.45) is 4.39. The van der Waals surface area contributed by atoms with E-state index in [2.05, 4.69) is 20.3 Å². The van der Waals surface area contributed by atoms with E-state index in [4.69, 9.17) is 11.6 Å². The molecule has 2 aromatic carbocycles. The maximum Gasteiger partial charge on any atom is 0.333 e. The Kier molecular flexibility index (Phi) is 7.02. The topological polar surface area (TPSA) is 94.7 Å². The molecule has 40 heavy (non-hydrogen) atoms. The lowest BCUT2D eigenvalue weighted by Crippen LogP contribution is -2.39. The van der Waals surface area contributed by atoms with Crippen LogP contribution in [0.2, 0.25) is 5.02 Å². The van der Waals surface area contributed by atoms with E-state index in [1.807, 2.05) is 47.0 Å². The summed E-state index contributed by atoms with van der Waals surface area (Å²) >= 11 is 5.90. The van der Waals surface area contributed by atoms with Crippen molar-refractivity contribution in [1.82, 2.24) is 29.4 Å². The minimum Gasteiger partial charge on any atom is -0.349 e. The van der Waals surface area contributed by atoms with Crippen molar-refractivity contribution in [2.24, 2.45) is 5.92 Å². The molecule has 1 saturated carbocycles. The monoisotopic (exact) mass is 562 g/mol. The fourth-order valence-electron chi connectivity index (χ4n) is 5.54. The first-order valence-corrected chi connectivity index (χ1v) is 13.4. The Hall–Kier alpha value is -4.18. The highest BCUT2D eigenvalue weighted by Crippen LogP contribution is 2.29.